The number of nitriles is 1. The maximum atomic E-state index is 12.8. The summed E-state index contributed by atoms with van der Waals surface area (Å²) in [5, 5.41) is 9.56. The van der Waals surface area contributed by atoms with Gasteiger partial charge in [-0.3, -0.25) is 4.90 Å². The van der Waals surface area contributed by atoms with Crippen molar-refractivity contribution in [1.82, 2.24) is 9.80 Å². The number of nitrogens with zero attached hydrogens (tertiary/aromatic N) is 4. The molecule has 1 aromatic rings. The van der Waals surface area contributed by atoms with E-state index in [0.717, 1.165) is 29.8 Å². The molecule has 3 rings (SSSR count). The van der Waals surface area contributed by atoms with Gasteiger partial charge >= 0.3 is 6.18 Å². The number of amidine groups is 1. The molecule has 2 aliphatic heterocycles. The Morgan fingerprint density at radius 1 is 1.13 bits per heavy atom. The lowest BCUT2D eigenvalue weighted by Crippen LogP contribution is -2.49. The average molecular weight is 418 g/mol. The van der Waals surface area contributed by atoms with E-state index in [9.17, 15) is 18.4 Å². The van der Waals surface area contributed by atoms with Crippen molar-refractivity contribution in [3.05, 3.63) is 58.9 Å². The van der Waals surface area contributed by atoms with Crippen LogP contribution in [-0.2, 0) is 6.18 Å². The fourth-order valence-electron chi connectivity index (χ4n) is 3.90. The summed E-state index contributed by atoms with van der Waals surface area (Å²) in [7, 11) is 0. The second-order valence-corrected chi connectivity index (χ2v) is 7.27. The first-order valence-corrected chi connectivity index (χ1v) is 9.83. The van der Waals surface area contributed by atoms with Gasteiger partial charge in [-0.05, 0) is 30.5 Å². The van der Waals surface area contributed by atoms with Crippen LogP contribution in [0.3, 0.4) is 0 Å². The zero-order valence-corrected chi connectivity index (χ0v) is 16.6. The molecule has 0 saturated carbocycles. The molecule has 0 aromatic heterocycles. The van der Waals surface area contributed by atoms with E-state index in [0.29, 0.717) is 44.7 Å². The van der Waals surface area contributed by atoms with E-state index in [1.165, 1.54) is 12.1 Å². The Bertz CT molecular complexity index is 871. The van der Waals surface area contributed by atoms with Crippen molar-refractivity contribution in [3.63, 3.8) is 0 Å². The van der Waals surface area contributed by atoms with Crippen LogP contribution in [0.25, 0.3) is 0 Å². The minimum absolute atomic E-state index is 0.161. The highest BCUT2D eigenvalue weighted by molar-refractivity contribution is 6.01. The molecule has 1 saturated heterocycles. The van der Waals surface area contributed by atoms with Crippen LogP contribution in [0.5, 0.6) is 0 Å². The van der Waals surface area contributed by atoms with Crippen molar-refractivity contribution in [2.75, 3.05) is 32.7 Å². The van der Waals surface area contributed by atoms with Crippen LogP contribution in [-0.4, -0.2) is 48.4 Å². The Hall–Kier alpha value is -2.83. The standard InChI is InChI=1S/C21H25F3N6/c22-21(23,24)16-6-4-15(5-7-16)19(14-26)30-11-9-29(10-12-30)18-3-1-2-8-28-20(27)17(18)13-25/h2,4-8,19H,1,3,9-12,14,26H2,(H2,27,28). The number of alkyl halides is 3. The number of piperazine rings is 1. The molecule has 1 atom stereocenters. The molecule has 30 heavy (non-hydrogen) atoms. The number of allylic oxidation sites excluding steroid dienone is 2. The number of hydrogen-bond donors (Lipinski definition) is 2. The molecule has 0 aliphatic carbocycles. The predicted molar refractivity (Wildman–Crippen MR) is 109 cm³/mol. The Labute approximate surface area is 173 Å². The van der Waals surface area contributed by atoms with Crippen molar-refractivity contribution in [2.45, 2.75) is 25.1 Å². The third-order valence-electron chi connectivity index (χ3n) is 5.51. The molecule has 2 aliphatic rings. The number of aliphatic imine (C=N–C) groups is 1. The molecule has 1 fully saturated rings. The fraction of sp³-hybridized carbons (Fsp3) is 0.429. The van der Waals surface area contributed by atoms with Gasteiger partial charge < -0.3 is 16.4 Å². The second kappa shape index (κ2) is 9.32. The van der Waals surface area contributed by atoms with Crippen molar-refractivity contribution < 1.29 is 13.2 Å². The third-order valence-corrected chi connectivity index (χ3v) is 5.51. The van der Waals surface area contributed by atoms with Crippen LogP contribution >= 0.6 is 0 Å². The fourth-order valence-corrected chi connectivity index (χ4v) is 3.90. The van der Waals surface area contributed by atoms with Gasteiger partial charge in [0.2, 0.25) is 0 Å². The van der Waals surface area contributed by atoms with Crippen molar-refractivity contribution in [1.29, 1.82) is 5.26 Å². The predicted octanol–water partition coefficient (Wildman–Crippen LogP) is 2.77. The summed E-state index contributed by atoms with van der Waals surface area (Å²) in [6.45, 7) is 3.02. The minimum Gasteiger partial charge on any atom is -0.383 e. The molecule has 6 nitrogen and oxygen atoms in total. The Balaban J connectivity index is 1.72. The molecule has 0 amide bonds. The van der Waals surface area contributed by atoms with Gasteiger partial charge in [-0.1, -0.05) is 18.2 Å². The van der Waals surface area contributed by atoms with Gasteiger partial charge in [0.05, 0.1) is 5.56 Å². The van der Waals surface area contributed by atoms with E-state index in [4.69, 9.17) is 11.5 Å². The molecule has 1 aromatic carbocycles. The van der Waals surface area contributed by atoms with Crippen LogP contribution in [0.15, 0.2) is 52.8 Å². The van der Waals surface area contributed by atoms with E-state index in [1.807, 2.05) is 6.08 Å². The lowest BCUT2D eigenvalue weighted by molar-refractivity contribution is -0.137. The highest BCUT2D eigenvalue weighted by Crippen LogP contribution is 2.31. The molecule has 9 heteroatoms. The normalized spacial score (nSPS) is 19.7. The molecule has 0 radical (unpaired) electrons. The van der Waals surface area contributed by atoms with Gasteiger partial charge in [0, 0.05) is 50.7 Å². The molecule has 2 heterocycles. The summed E-state index contributed by atoms with van der Waals surface area (Å²) < 4.78 is 38.5. The number of hydrogen-bond acceptors (Lipinski definition) is 6. The van der Waals surface area contributed by atoms with Crippen LogP contribution in [0.2, 0.25) is 0 Å². The van der Waals surface area contributed by atoms with Gasteiger partial charge in [0.15, 0.2) is 0 Å². The molecule has 4 N–H and O–H groups in total. The first-order chi connectivity index (χ1) is 14.3. The van der Waals surface area contributed by atoms with Gasteiger partial charge in [-0.25, -0.2) is 4.99 Å². The zero-order valence-electron chi connectivity index (χ0n) is 16.6. The summed E-state index contributed by atoms with van der Waals surface area (Å²) in [4.78, 5) is 8.42. The first kappa shape index (κ1) is 21.9. The van der Waals surface area contributed by atoms with Gasteiger partial charge in [-0.2, -0.15) is 18.4 Å². The van der Waals surface area contributed by atoms with E-state index in [1.54, 1.807) is 6.20 Å². The van der Waals surface area contributed by atoms with Crippen LogP contribution in [0.4, 0.5) is 13.2 Å². The van der Waals surface area contributed by atoms with Crippen molar-refractivity contribution >= 4 is 5.84 Å². The van der Waals surface area contributed by atoms with E-state index >= 15 is 0 Å². The highest BCUT2D eigenvalue weighted by Gasteiger charge is 2.31. The summed E-state index contributed by atoms with van der Waals surface area (Å²) in [5.74, 6) is 0.218. The summed E-state index contributed by atoms with van der Waals surface area (Å²) in [6.07, 6.45) is 0.666. The minimum atomic E-state index is -4.35. The zero-order chi connectivity index (χ0) is 21.7. The van der Waals surface area contributed by atoms with Gasteiger partial charge in [-0.15, -0.1) is 0 Å². The molecular weight excluding hydrogens is 393 g/mol. The molecule has 0 bridgehead atoms. The largest absolute Gasteiger partial charge is 0.416 e. The summed E-state index contributed by atoms with van der Waals surface area (Å²) in [6, 6.07) is 7.22. The van der Waals surface area contributed by atoms with Gasteiger partial charge in [0.25, 0.3) is 0 Å². The smallest absolute Gasteiger partial charge is 0.383 e. The molecule has 0 spiro atoms. The molecule has 1 unspecified atom stereocenters. The topological polar surface area (TPSA) is 94.7 Å². The second-order valence-electron chi connectivity index (χ2n) is 7.27. The Morgan fingerprint density at radius 3 is 2.37 bits per heavy atom. The number of halogens is 3. The molecular formula is C21H25F3N6. The lowest BCUT2D eigenvalue weighted by Gasteiger charge is -2.41. The number of nitrogens with two attached hydrogens (primary N) is 2. The average Bonchev–Trinajstić information content (AvgIpc) is 2.72. The monoisotopic (exact) mass is 418 g/mol. The quantitative estimate of drug-likeness (QED) is 0.784. The lowest BCUT2D eigenvalue weighted by atomic mass is 10.0. The Morgan fingerprint density at radius 2 is 1.80 bits per heavy atom. The van der Waals surface area contributed by atoms with Crippen LogP contribution in [0, 0.1) is 11.3 Å². The van der Waals surface area contributed by atoms with Crippen molar-refractivity contribution in [3.8, 4) is 6.07 Å². The SMILES string of the molecule is N#CC1=C(N2CCN(C(CN)c3ccc(C(F)(F)F)cc3)CC2)CCC=CN=C1N. The summed E-state index contributed by atoms with van der Waals surface area (Å²) in [5.41, 5.74) is 13.3. The highest BCUT2D eigenvalue weighted by atomic mass is 19.4. The Kier molecular flexibility index (Phi) is 6.80. The van der Waals surface area contributed by atoms with E-state index in [2.05, 4.69) is 20.9 Å². The van der Waals surface area contributed by atoms with Crippen LogP contribution in [0.1, 0.15) is 30.0 Å². The maximum Gasteiger partial charge on any atom is 0.416 e. The summed E-state index contributed by atoms with van der Waals surface area (Å²) >= 11 is 0. The van der Waals surface area contributed by atoms with Crippen LogP contribution < -0.4 is 11.5 Å². The first-order valence-electron chi connectivity index (χ1n) is 9.83. The van der Waals surface area contributed by atoms with Crippen molar-refractivity contribution in [2.24, 2.45) is 16.5 Å². The number of benzene rings is 1. The maximum absolute atomic E-state index is 12.8. The molecule has 160 valence electrons. The number of rotatable bonds is 4. The third kappa shape index (κ3) is 4.83. The van der Waals surface area contributed by atoms with Gasteiger partial charge in [0.1, 0.15) is 17.5 Å². The van der Waals surface area contributed by atoms with E-state index < -0.39 is 11.7 Å². The van der Waals surface area contributed by atoms with E-state index in [-0.39, 0.29) is 11.9 Å².